The third kappa shape index (κ3) is 4.07. The zero-order chi connectivity index (χ0) is 15.3. The summed E-state index contributed by atoms with van der Waals surface area (Å²) in [5.41, 5.74) is 0.472. The van der Waals surface area contributed by atoms with E-state index in [4.69, 9.17) is 5.11 Å². The van der Waals surface area contributed by atoms with Crippen LogP contribution in [0.15, 0.2) is 29.2 Å². The Morgan fingerprint density at radius 1 is 1.38 bits per heavy atom. The third-order valence-corrected chi connectivity index (χ3v) is 5.45. The number of aliphatic hydroxyl groups excluding tert-OH is 1. The van der Waals surface area contributed by atoms with Gasteiger partial charge in [-0.3, -0.25) is 0 Å². The van der Waals surface area contributed by atoms with Crippen molar-refractivity contribution in [1.29, 1.82) is 0 Å². The predicted molar refractivity (Wildman–Crippen MR) is 82.1 cm³/mol. The first-order chi connectivity index (χ1) is 10.0. The van der Waals surface area contributed by atoms with Gasteiger partial charge in [-0.05, 0) is 37.8 Å². The number of hydrogen-bond acceptors (Lipinski definition) is 3. The van der Waals surface area contributed by atoms with Gasteiger partial charge in [0.15, 0.2) is 0 Å². The van der Waals surface area contributed by atoms with Gasteiger partial charge in [-0.1, -0.05) is 30.4 Å². The largest absolute Gasteiger partial charge is 0.395 e. The number of aliphatic hydroxyl groups is 1. The van der Waals surface area contributed by atoms with E-state index in [1.807, 2.05) is 6.92 Å². The molecular weight excluding hydrogens is 286 g/mol. The lowest BCUT2D eigenvalue weighted by Crippen LogP contribution is -2.40. The molecule has 1 aliphatic carbocycles. The van der Waals surface area contributed by atoms with Gasteiger partial charge in [-0.2, -0.15) is 0 Å². The molecule has 1 unspecified atom stereocenters. The van der Waals surface area contributed by atoms with Crippen LogP contribution in [0.25, 0.3) is 0 Å². The molecule has 0 radical (unpaired) electrons. The molecule has 0 heterocycles. The fourth-order valence-electron chi connectivity index (χ4n) is 2.36. The van der Waals surface area contributed by atoms with Gasteiger partial charge in [0.05, 0.1) is 11.5 Å². The summed E-state index contributed by atoms with van der Waals surface area (Å²) in [6.07, 6.45) is 3.68. The van der Waals surface area contributed by atoms with Crippen LogP contribution in [0.3, 0.4) is 0 Å². The summed E-state index contributed by atoms with van der Waals surface area (Å²) < 4.78 is 27.8. The fraction of sp³-hybridized carbons (Fsp3) is 0.500. The standard InChI is InChI=1S/C16H21NO3S/c1-13(14-9-6-10-14)17-21(19,20)16-11-3-2-7-15(16)8-4-5-12-18/h2-3,7,11,13-14,17-18H,5-6,9-10,12H2,1H3. The molecule has 1 aromatic carbocycles. The average molecular weight is 307 g/mol. The highest BCUT2D eigenvalue weighted by Crippen LogP contribution is 2.30. The quantitative estimate of drug-likeness (QED) is 0.816. The minimum Gasteiger partial charge on any atom is -0.395 e. The molecule has 0 aliphatic heterocycles. The summed E-state index contributed by atoms with van der Waals surface area (Å²) in [6, 6.07) is 6.66. The van der Waals surface area contributed by atoms with Crippen molar-refractivity contribution in [3.63, 3.8) is 0 Å². The van der Waals surface area contributed by atoms with Crippen molar-refractivity contribution in [3.05, 3.63) is 29.8 Å². The molecule has 0 aromatic heterocycles. The minimum atomic E-state index is -3.56. The molecular formula is C16H21NO3S. The molecule has 1 fully saturated rings. The van der Waals surface area contributed by atoms with E-state index in [-0.39, 0.29) is 17.5 Å². The summed E-state index contributed by atoms with van der Waals surface area (Å²) in [6.45, 7) is 1.89. The van der Waals surface area contributed by atoms with Gasteiger partial charge in [0.25, 0.3) is 0 Å². The van der Waals surface area contributed by atoms with E-state index in [1.54, 1.807) is 24.3 Å². The zero-order valence-electron chi connectivity index (χ0n) is 12.2. The molecule has 21 heavy (non-hydrogen) atoms. The summed E-state index contributed by atoms with van der Waals surface area (Å²) >= 11 is 0. The first kappa shape index (κ1) is 16.0. The van der Waals surface area contributed by atoms with Crippen LogP contribution >= 0.6 is 0 Å². The van der Waals surface area contributed by atoms with Crippen molar-refractivity contribution in [2.24, 2.45) is 5.92 Å². The van der Waals surface area contributed by atoms with E-state index in [0.717, 1.165) is 12.8 Å². The maximum absolute atomic E-state index is 12.5. The summed E-state index contributed by atoms with van der Waals surface area (Å²) in [7, 11) is -3.56. The van der Waals surface area contributed by atoms with Crippen molar-refractivity contribution >= 4 is 10.0 Å². The summed E-state index contributed by atoms with van der Waals surface area (Å²) in [5.74, 6) is 6.03. The van der Waals surface area contributed by atoms with Crippen LogP contribution < -0.4 is 4.72 Å². The van der Waals surface area contributed by atoms with E-state index in [2.05, 4.69) is 16.6 Å². The Labute approximate surface area is 126 Å². The Balaban J connectivity index is 2.21. The Morgan fingerprint density at radius 2 is 2.10 bits per heavy atom. The van der Waals surface area contributed by atoms with E-state index >= 15 is 0 Å². The van der Waals surface area contributed by atoms with Gasteiger partial charge in [0.2, 0.25) is 10.0 Å². The van der Waals surface area contributed by atoms with Gasteiger partial charge in [-0.15, -0.1) is 0 Å². The van der Waals surface area contributed by atoms with E-state index in [0.29, 0.717) is 17.9 Å². The van der Waals surface area contributed by atoms with Gasteiger partial charge in [0, 0.05) is 18.0 Å². The smallest absolute Gasteiger partial charge is 0.242 e. The Bertz CT molecular complexity index is 639. The van der Waals surface area contributed by atoms with Crippen molar-refractivity contribution in [2.45, 2.75) is 43.5 Å². The number of benzene rings is 1. The van der Waals surface area contributed by atoms with Crippen LogP contribution in [0, 0.1) is 17.8 Å². The molecule has 0 saturated heterocycles. The van der Waals surface area contributed by atoms with Crippen LogP contribution in [-0.2, 0) is 10.0 Å². The average Bonchev–Trinajstić information content (AvgIpc) is 2.36. The molecule has 0 bridgehead atoms. The molecule has 1 aliphatic rings. The number of sulfonamides is 1. The van der Waals surface area contributed by atoms with E-state index in [9.17, 15) is 8.42 Å². The van der Waals surface area contributed by atoms with Crippen LogP contribution in [0.4, 0.5) is 0 Å². The summed E-state index contributed by atoms with van der Waals surface area (Å²) in [4.78, 5) is 0.210. The number of hydrogen-bond donors (Lipinski definition) is 2. The molecule has 1 saturated carbocycles. The molecule has 1 aromatic rings. The van der Waals surface area contributed by atoms with Gasteiger partial charge >= 0.3 is 0 Å². The molecule has 4 nitrogen and oxygen atoms in total. The Hall–Kier alpha value is -1.35. The predicted octanol–water partition coefficient (Wildman–Crippen LogP) is 1.89. The second-order valence-corrected chi connectivity index (χ2v) is 7.05. The normalized spacial score (nSPS) is 16.7. The first-order valence-electron chi connectivity index (χ1n) is 7.25. The highest BCUT2D eigenvalue weighted by molar-refractivity contribution is 7.89. The van der Waals surface area contributed by atoms with Crippen LogP contribution in [0.5, 0.6) is 0 Å². The fourth-order valence-corrected chi connectivity index (χ4v) is 3.84. The minimum absolute atomic E-state index is 0.0289. The van der Waals surface area contributed by atoms with Gasteiger partial charge in [-0.25, -0.2) is 13.1 Å². The molecule has 2 N–H and O–H groups in total. The molecule has 0 spiro atoms. The molecule has 5 heteroatoms. The maximum atomic E-state index is 12.5. The van der Waals surface area contributed by atoms with Gasteiger partial charge < -0.3 is 5.11 Å². The summed E-state index contributed by atoms with van der Waals surface area (Å²) in [5, 5.41) is 8.75. The second kappa shape index (κ2) is 7.08. The molecule has 2 rings (SSSR count). The van der Waals surface area contributed by atoms with E-state index < -0.39 is 10.0 Å². The van der Waals surface area contributed by atoms with Crippen molar-refractivity contribution in [2.75, 3.05) is 6.61 Å². The van der Waals surface area contributed by atoms with Gasteiger partial charge in [0.1, 0.15) is 0 Å². The number of nitrogens with one attached hydrogen (secondary N) is 1. The highest BCUT2D eigenvalue weighted by atomic mass is 32.2. The maximum Gasteiger partial charge on any atom is 0.242 e. The Morgan fingerprint density at radius 3 is 2.71 bits per heavy atom. The SMILES string of the molecule is CC(NS(=O)(=O)c1ccccc1C#CCCO)C1CCC1. The van der Waals surface area contributed by atoms with Crippen molar-refractivity contribution in [3.8, 4) is 11.8 Å². The molecule has 114 valence electrons. The van der Waals surface area contributed by atoms with Crippen LogP contribution in [0.2, 0.25) is 0 Å². The second-order valence-electron chi connectivity index (χ2n) is 5.37. The van der Waals surface area contributed by atoms with Crippen molar-refractivity contribution in [1.82, 2.24) is 4.72 Å². The van der Waals surface area contributed by atoms with Crippen molar-refractivity contribution < 1.29 is 13.5 Å². The van der Waals surface area contributed by atoms with Crippen LogP contribution in [-0.4, -0.2) is 26.2 Å². The molecule has 0 amide bonds. The lowest BCUT2D eigenvalue weighted by atomic mass is 9.81. The third-order valence-electron chi connectivity index (χ3n) is 3.83. The highest BCUT2D eigenvalue weighted by Gasteiger charge is 2.28. The Kier molecular flexibility index (Phi) is 5.40. The van der Waals surface area contributed by atoms with E-state index in [1.165, 1.54) is 6.42 Å². The lowest BCUT2D eigenvalue weighted by molar-refractivity contribution is 0.260. The zero-order valence-corrected chi connectivity index (χ0v) is 13.0. The van der Waals surface area contributed by atoms with Crippen LogP contribution in [0.1, 0.15) is 38.2 Å². The molecule has 1 atom stereocenters. The first-order valence-corrected chi connectivity index (χ1v) is 8.74. The number of rotatable bonds is 5. The topological polar surface area (TPSA) is 66.4 Å². The lowest BCUT2D eigenvalue weighted by Gasteiger charge is -2.31. The monoisotopic (exact) mass is 307 g/mol.